The highest BCUT2D eigenvalue weighted by Crippen LogP contribution is 2.14. The number of nitrogens with one attached hydrogen (secondary N) is 2. The van der Waals surface area contributed by atoms with Crippen LogP contribution in [0.1, 0.15) is 18.4 Å². The van der Waals surface area contributed by atoms with Gasteiger partial charge in [0.05, 0.1) is 13.7 Å². The molecule has 1 heterocycles. The Morgan fingerprint density at radius 1 is 1.26 bits per heavy atom. The Labute approximate surface area is 112 Å². The fraction of sp³-hybridized carbons (Fsp3) is 0.385. The van der Waals surface area contributed by atoms with E-state index in [0.29, 0.717) is 25.0 Å². The van der Waals surface area contributed by atoms with Crippen LogP contribution in [0.3, 0.4) is 0 Å². The molecule has 0 saturated carbocycles. The van der Waals surface area contributed by atoms with Crippen LogP contribution in [0, 0.1) is 0 Å². The molecule has 0 aliphatic rings. The Bertz CT molecular complexity index is 513. The van der Waals surface area contributed by atoms with Gasteiger partial charge in [0.2, 0.25) is 5.89 Å². The van der Waals surface area contributed by atoms with Crippen LogP contribution in [0.4, 0.5) is 6.01 Å². The van der Waals surface area contributed by atoms with Gasteiger partial charge in [-0.05, 0) is 24.2 Å². The number of hydrogen-bond donors (Lipinski definition) is 2. The first-order chi connectivity index (χ1) is 9.31. The second kappa shape index (κ2) is 6.75. The van der Waals surface area contributed by atoms with Gasteiger partial charge in [-0.3, -0.25) is 0 Å². The largest absolute Gasteiger partial charge is 0.497 e. The molecule has 19 heavy (non-hydrogen) atoms. The molecule has 0 saturated heterocycles. The summed E-state index contributed by atoms with van der Waals surface area (Å²) in [6.45, 7) is 4.09. The number of rotatable bonds is 7. The summed E-state index contributed by atoms with van der Waals surface area (Å²) in [4.78, 5) is 0. The molecule has 0 spiro atoms. The zero-order chi connectivity index (χ0) is 13.5. The van der Waals surface area contributed by atoms with Gasteiger partial charge in [0, 0.05) is 6.54 Å². The van der Waals surface area contributed by atoms with E-state index in [2.05, 4.69) is 20.8 Å². The van der Waals surface area contributed by atoms with E-state index in [1.165, 1.54) is 0 Å². The van der Waals surface area contributed by atoms with Crippen LogP contribution in [0.5, 0.6) is 5.75 Å². The van der Waals surface area contributed by atoms with Crippen molar-refractivity contribution < 1.29 is 9.15 Å². The number of ether oxygens (including phenoxy) is 1. The SMILES string of the molecule is CCNCc1nnc(NCc2cccc(OC)c2)o1. The molecule has 1 aromatic carbocycles. The van der Waals surface area contributed by atoms with Crippen LogP contribution >= 0.6 is 0 Å². The molecule has 0 fully saturated rings. The van der Waals surface area contributed by atoms with Crippen molar-refractivity contribution in [3.05, 3.63) is 35.7 Å². The first-order valence-electron chi connectivity index (χ1n) is 6.21. The molecule has 6 nitrogen and oxygen atoms in total. The van der Waals surface area contributed by atoms with E-state index >= 15 is 0 Å². The molecule has 0 bridgehead atoms. The third-order valence-corrected chi connectivity index (χ3v) is 2.57. The minimum Gasteiger partial charge on any atom is -0.497 e. The molecule has 0 amide bonds. The van der Waals surface area contributed by atoms with Crippen LogP contribution in [-0.4, -0.2) is 23.9 Å². The van der Waals surface area contributed by atoms with Gasteiger partial charge in [0.1, 0.15) is 5.75 Å². The van der Waals surface area contributed by atoms with E-state index in [4.69, 9.17) is 9.15 Å². The molecule has 102 valence electrons. The molecule has 6 heteroatoms. The Kier molecular flexibility index (Phi) is 4.74. The maximum Gasteiger partial charge on any atom is 0.315 e. The first kappa shape index (κ1) is 13.4. The van der Waals surface area contributed by atoms with Crippen molar-refractivity contribution in [3.8, 4) is 5.75 Å². The van der Waals surface area contributed by atoms with Crippen molar-refractivity contribution in [2.24, 2.45) is 0 Å². The normalized spacial score (nSPS) is 10.4. The van der Waals surface area contributed by atoms with Crippen molar-refractivity contribution in [1.82, 2.24) is 15.5 Å². The van der Waals surface area contributed by atoms with Gasteiger partial charge in [0.25, 0.3) is 0 Å². The molecule has 2 aromatic rings. The lowest BCUT2D eigenvalue weighted by Gasteiger charge is -2.04. The Hall–Kier alpha value is -2.08. The molecular formula is C13H18N4O2. The summed E-state index contributed by atoms with van der Waals surface area (Å²) in [5.74, 6) is 1.41. The monoisotopic (exact) mass is 262 g/mol. The van der Waals surface area contributed by atoms with Crippen molar-refractivity contribution in [3.63, 3.8) is 0 Å². The molecular weight excluding hydrogens is 244 g/mol. The van der Waals surface area contributed by atoms with Gasteiger partial charge in [-0.1, -0.05) is 24.2 Å². The van der Waals surface area contributed by atoms with Gasteiger partial charge in [-0.2, -0.15) is 0 Å². The van der Waals surface area contributed by atoms with E-state index in [-0.39, 0.29) is 0 Å². The summed E-state index contributed by atoms with van der Waals surface area (Å²) in [7, 11) is 1.65. The Balaban J connectivity index is 1.89. The zero-order valence-electron chi connectivity index (χ0n) is 11.1. The van der Waals surface area contributed by atoms with Crippen LogP contribution in [-0.2, 0) is 13.1 Å². The van der Waals surface area contributed by atoms with E-state index in [0.717, 1.165) is 17.9 Å². The van der Waals surface area contributed by atoms with Gasteiger partial charge in [0.15, 0.2) is 0 Å². The number of methoxy groups -OCH3 is 1. The molecule has 0 aliphatic carbocycles. The molecule has 2 rings (SSSR count). The molecule has 2 N–H and O–H groups in total. The lowest BCUT2D eigenvalue weighted by Crippen LogP contribution is -2.11. The minimum absolute atomic E-state index is 0.427. The van der Waals surface area contributed by atoms with Gasteiger partial charge in [-0.15, -0.1) is 5.10 Å². The van der Waals surface area contributed by atoms with Crippen molar-refractivity contribution >= 4 is 6.01 Å². The van der Waals surface area contributed by atoms with Crippen LogP contribution in [0.25, 0.3) is 0 Å². The summed E-state index contributed by atoms with van der Waals surface area (Å²) in [5, 5.41) is 14.1. The van der Waals surface area contributed by atoms with E-state index in [9.17, 15) is 0 Å². The highest BCUT2D eigenvalue weighted by atomic mass is 16.5. The standard InChI is InChI=1S/C13H18N4O2/c1-3-14-9-12-16-17-13(19-12)15-8-10-5-4-6-11(7-10)18-2/h4-7,14H,3,8-9H2,1-2H3,(H,15,17). The van der Waals surface area contributed by atoms with Crippen LogP contribution < -0.4 is 15.4 Å². The third-order valence-electron chi connectivity index (χ3n) is 2.57. The predicted octanol–water partition coefficient (Wildman–Crippen LogP) is 1.80. The number of nitrogens with zero attached hydrogens (tertiary/aromatic N) is 2. The average Bonchev–Trinajstić information content (AvgIpc) is 2.91. The lowest BCUT2D eigenvalue weighted by molar-refractivity contribution is 0.414. The maximum absolute atomic E-state index is 5.44. The van der Waals surface area contributed by atoms with Gasteiger partial charge in [-0.25, -0.2) is 0 Å². The predicted molar refractivity (Wildman–Crippen MR) is 72.0 cm³/mol. The van der Waals surface area contributed by atoms with Crippen LogP contribution in [0.15, 0.2) is 28.7 Å². The van der Waals surface area contributed by atoms with Gasteiger partial charge >= 0.3 is 6.01 Å². The van der Waals surface area contributed by atoms with Crippen LogP contribution in [0.2, 0.25) is 0 Å². The van der Waals surface area contributed by atoms with E-state index < -0.39 is 0 Å². The summed E-state index contributed by atoms with van der Waals surface area (Å²) >= 11 is 0. The average molecular weight is 262 g/mol. The summed E-state index contributed by atoms with van der Waals surface area (Å²) in [5.41, 5.74) is 1.09. The molecule has 0 unspecified atom stereocenters. The third kappa shape index (κ3) is 3.96. The Morgan fingerprint density at radius 2 is 2.16 bits per heavy atom. The fourth-order valence-electron chi connectivity index (χ4n) is 1.59. The molecule has 0 aliphatic heterocycles. The number of benzene rings is 1. The quantitative estimate of drug-likeness (QED) is 0.792. The summed E-state index contributed by atoms with van der Waals surface area (Å²) in [6.07, 6.45) is 0. The van der Waals surface area contributed by atoms with E-state index in [1.807, 2.05) is 31.2 Å². The number of anilines is 1. The number of aromatic nitrogens is 2. The Morgan fingerprint density at radius 3 is 2.95 bits per heavy atom. The fourth-order valence-corrected chi connectivity index (χ4v) is 1.59. The summed E-state index contributed by atoms with van der Waals surface area (Å²) in [6, 6.07) is 8.25. The zero-order valence-corrected chi connectivity index (χ0v) is 11.1. The maximum atomic E-state index is 5.44. The number of hydrogen-bond acceptors (Lipinski definition) is 6. The molecule has 0 atom stereocenters. The smallest absolute Gasteiger partial charge is 0.315 e. The van der Waals surface area contributed by atoms with Crippen molar-refractivity contribution in [2.45, 2.75) is 20.0 Å². The molecule has 1 aromatic heterocycles. The second-order valence-electron chi connectivity index (χ2n) is 3.99. The molecule has 0 radical (unpaired) electrons. The topological polar surface area (TPSA) is 72.2 Å². The second-order valence-corrected chi connectivity index (χ2v) is 3.99. The van der Waals surface area contributed by atoms with E-state index in [1.54, 1.807) is 7.11 Å². The van der Waals surface area contributed by atoms with Crippen molar-refractivity contribution in [1.29, 1.82) is 0 Å². The highest BCUT2D eigenvalue weighted by molar-refractivity contribution is 5.31. The lowest BCUT2D eigenvalue weighted by atomic mass is 10.2. The first-order valence-corrected chi connectivity index (χ1v) is 6.21. The highest BCUT2D eigenvalue weighted by Gasteiger charge is 2.05. The summed E-state index contributed by atoms with van der Waals surface area (Å²) < 4.78 is 10.6. The van der Waals surface area contributed by atoms with Crippen molar-refractivity contribution in [2.75, 3.05) is 19.0 Å². The van der Waals surface area contributed by atoms with Gasteiger partial charge < -0.3 is 19.8 Å². The minimum atomic E-state index is 0.427.